The standard InChI is InChI=1S/C23H36O2Si3/c1-7-27(8-2,9-3)20-21-28(25-26(5,6)24-4,22-16-12-10-13-17-22)23-18-14-11-15-19-23/h10-21H,7-9H2,1-6H3. The van der Waals surface area contributed by atoms with Crippen LogP contribution in [0.5, 0.6) is 0 Å². The lowest BCUT2D eigenvalue weighted by Crippen LogP contribution is -2.64. The first kappa shape index (κ1) is 23.0. The first-order valence-corrected chi connectivity index (χ1v) is 17.9. The zero-order chi connectivity index (χ0) is 20.7. The Morgan fingerprint density at radius 3 is 1.50 bits per heavy atom. The fourth-order valence-corrected chi connectivity index (χ4v) is 15.0. The quantitative estimate of drug-likeness (QED) is 0.481. The molecule has 0 aromatic heterocycles. The molecule has 0 aliphatic rings. The number of hydrogen-bond donors (Lipinski definition) is 0. The molecule has 2 aromatic carbocycles. The molecular weight excluding hydrogens is 393 g/mol. The van der Waals surface area contributed by atoms with E-state index >= 15 is 0 Å². The van der Waals surface area contributed by atoms with Crippen LogP contribution in [-0.4, -0.2) is 32.1 Å². The lowest BCUT2D eigenvalue weighted by Gasteiger charge is -2.37. The first-order valence-electron chi connectivity index (χ1n) is 10.4. The third-order valence-corrected chi connectivity index (χ3v) is 18.8. The fraction of sp³-hybridized carbons (Fsp3) is 0.391. The normalized spacial score (nSPS) is 13.2. The zero-order valence-electron chi connectivity index (χ0n) is 18.4. The van der Waals surface area contributed by atoms with Gasteiger partial charge in [-0.2, -0.15) is 0 Å². The Labute approximate surface area is 175 Å². The van der Waals surface area contributed by atoms with Crippen molar-refractivity contribution in [3.63, 3.8) is 0 Å². The van der Waals surface area contributed by atoms with Crippen LogP contribution in [0.25, 0.3) is 0 Å². The van der Waals surface area contributed by atoms with E-state index < -0.39 is 25.0 Å². The van der Waals surface area contributed by atoms with Crippen molar-refractivity contribution in [2.45, 2.75) is 52.0 Å². The van der Waals surface area contributed by atoms with Crippen LogP contribution in [-0.2, 0) is 8.54 Å². The van der Waals surface area contributed by atoms with Gasteiger partial charge in [0, 0.05) is 7.11 Å². The van der Waals surface area contributed by atoms with Gasteiger partial charge in [-0.05, 0) is 23.5 Å². The summed E-state index contributed by atoms with van der Waals surface area (Å²) in [4.78, 5) is 0. The summed E-state index contributed by atoms with van der Waals surface area (Å²) < 4.78 is 12.9. The van der Waals surface area contributed by atoms with Crippen LogP contribution in [0.4, 0.5) is 0 Å². The average Bonchev–Trinajstić information content (AvgIpc) is 2.75. The molecule has 0 amide bonds. The maximum absolute atomic E-state index is 7.07. The molecule has 0 aliphatic carbocycles. The van der Waals surface area contributed by atoms with Gasteiger partial charge in [0.15, 0.2) is 0 Å². The van der Waals surface area contributed by atoms with Crippen LogP contribution in [0, 0.1) is 0 Å². The minimum Gasteiger partial charge on any atom is -0.425 e. The van der Waals surface area contributed by atoms with Crippen molar-refractivity contribution in [1.82, 2.24) is 0 Å². The molecule has 0 bridgehead atoms. The molecule has 2 nitrogen and oxygen atoms in total. The molecule has 28 heavy (non-hydrogen) atoms. The van der Waals surface area contributed by atoms with Crippen LogP contribution in [0.2, 0.25) is 31.2 Å². The Balaban J connectivity index is 2.74. The molecule has 0 spiro atoms. The number of rotatable bonds is 10. The predicted octanol–water partition coefficient (Wildman–Crippen LogP) is 5.25. The van der Waals surface area contributed by atoms with E-state index in [1.807, 2.05) is 0 Å². The Kier molecular flexibility index (Phi) is 8.21. The van der Waals surface area contributed by atoms with Crippen LogP contribution in [0.15, 0.2) is 72.1 Å². The molecule has 0 aliphatic heterocycles. The second-order valence-corrected chi connectivity index (χ2v) is 20.1. The lowest BCUT2D eigenvalue weighted by atomic mass is 10.4. The Bertz CT molecular complexity index is 693. The molecule has 0 unspecified atom stereocenters. The highest BCUT2D eigenvalue weighted by Gasteiger charge is 2.44. The van der Waals surface area contributed by atoms with E-state index in [2.05, 4.69) is 106 Å². The van der Waals surface area contributed by atoms with Crippen molar-refractivity contribution >= 4 is 35.3 Å². The van der Waals surface area contributed by atoms with Crippen molar-refractivity contribution in [3.8, 4) is 0 Å². The molecule has 2 rings (SSSR count). The molecular formula is C23H36O2Si3. The Hall–Kier alpha value is -1.25. The largest absolute Gasteiger partial charge is 0.425 e. The van der Waals surface area contributed by atoms with Crippen molar-refractivity contribution < 1.29 is 8.54 Å². The molecule has 152 valence electrons. The molecule has 0 heterocycles. The van der Waals surface area contributed by atoms with E-state index in [0.29, 0.717) is 0 Å². The average molecular weight is 429 g/mol. The zero-order valence-corrected chi connectivity index (χ0v) is 21.4. The van der Waals surface area contributed by atoms with Crippen molar-refractivity contribution in [2.24, 2.45) is 0 Å². The molecule has 0 radical (unpaired) electrons. The van der Waals surface area contributed by atoms with Crippen LogP contribution in [0.1, 0.15) is 20.8 Å². The summed E-state index contributed by atoms with van der Waals surface area (Å²) in [6.45, 7) is 11.4. The molecule has 5 heteroatoms. The SMILES string of the molecule is CC[Si](C=C[Si](O[Si](C)(C)OC)(c1ccccc1)c1ccccc1)(CC)CC. The fourth-order valence-electron chi connectivity index (χ4n) is 3.71. The van der Waals surface area contributed by atoms with E-state index in [1.165, 1.54) is 28.5 Å². The van der Waals surface area contributed by atoms with Crippen LogP contribution >= 0.6 is 0 Å². The van der Waals surface area contributed by atoms with Gasteiger partial charge in [-0.15, -0.1) is 0 Å². The van der Waals surface area contributed by atoms with Gasteiger partial charge in [0.05, 0.1) is 8.07 Å². The van der Waals surface area contributed by atoms with Gasteiger partial charge >= 0.3 is 8.56 Å². The first-order chi connectivity index (χ1) is 13.4. The third-order valence-electron chi connectivity index (χ3n) is 6.09. The number of hydrogen-bond acceptors (Lipinski definition) is 2. The van der Waals surface area contributed by atoms with E-state index in [-0.39, 0.29) is 0 Å². The number of benzene rings is 2. The monoisotopic (exact) mass is 428 g/mol. The third kappa shape index (κ3) is 5.21. The van der Waals surface area contributed by atoms with Gasteiger partial charge in [-0.3, -0.25) is 0 Å². The van der Waals surface area contributed by atoms with Crippen molar-refractivity contribution in [1.29, 1.82) is 0 Å². The minimum absolute atomic E-state index is 1.27. The highest BCUT2D eigenvalue weighted by atomic mass is 28.4. The lowest BCUT2D eigenvalue weighted by molar-refractivity contribution is 0.316. The summed E-state index contributed by atoms with van der Waals surface area (Å²) in [5.74, 6) is 0. The smallest absolute Gasteiger partial charge is 0.321 e. The minimum atomic E-state index is -2.57. The summed E-state index contributed by atoms with van der Waals surface area (Å²) in [6, 6.07) is 25.4. The van der Waals surface area contributed by atoms with Gasteiger partial charge in [0.2, 0.25) is 0 Å². The highest BCUT2D eigenvalue weighted by Crippen LogP contribution is 2.24. The molecule has 0 N–H and O–H groups in total. The van der Waals surface area contributed by atoms with Gasteiger partial charge < -0.3 is 8.54 Å². The van der Waals surface area contributed by atoms with E-state index in [9.17, 15) is 0 Å². The van der Waals surface area contributed by atoms with Gasteiger partial charge in [-0.25, -0.2) is 0 Å². The molecule has 0 atom stereocenters. The summed E-state index contributed by atoms with van der Waals surface area (Å²) in [7, 11) is -4.49. The summed E-state index contributed by atoms with van der Waals surface area (Å²) >= 11 is 0. The molecule has 0 fully saturated rings. The predicted molar refractivity (Wildman–Crippen MR) is 130 cm³/mol. The topological polar surface area (TPSA) is 18.5 Å². The van der Waals surface area contributed by atoms with E-state index in [1.54, 1.807) is 7.11 Å². The van der Waals surface area contributed by atoms with E-state index in [0.717, 1.165) is 0 Å². The maximum atomic E-state index is 7.07. The van der Waals surface area contributed by atoms with E-state index in [4.69, 9.17) is 8.54 Å². The molecule has 0 saturated heterocycles. The van der Waals surface area contributed by atoms with Gasteiger partial charge in [0.1, 0.15) is 0 Å². The highest BCUT2D eigenvalue weighted by molar-refractivity contribution is 7.05. The second kappa shape index (κ2) is 9.98. The second-order valence-electron chi connectivity index (χ2n) is 7.93. The van der Waals surface area contributed by atoms with Crippen LogP contribution < -0.4 is 10.4 Å². The Morgan fingerprint density at radius 1 is 0.714 bits per heavy atom. The van der Waals surface area contributed by atoms with Crippen LogP contribution in [0.3, 0.4) is 0 Å². The van der Waals surface area contributed by atoms with Gasteiger partial charge in [-0.1, -0.05) is 111 Å². The maximum Gasteiger partial charge on any atom is 0.321 e. The van der Waals surface area contributed by atoms with Crippen molar-refractivity contribution in [2.75, 3.05) is 7.11 Å². The Morgan fingerprint density at radius 2 is 1.14 bits per heavy atom. The molecule has 2 aromatic rings. The summed E-state index contributed by atoms with van der Waals surface area (Å²) in [6.07, 6.45) is 0. The summed E-state index contributed by atoms with van der Waals surface area (Å²) in [5, 5.41) is 2.59. The van der Waals surface area contributed by atoms with Crippen molar-refractivity contribution in [3.05, 3.63) is 72.1 Å². The summed E-state index contributed by atoms with van der Waals surface area (Å²) in [5.41, 5.74) is 5.09. The molecule has 0 saturated carbocycles. The van der Waals surface area contributed by atoms with Gasteiger partial charge in [0.25, 0.3) is 8.32 Å².